The maximum Gasteiger partial charge on any atom is 0.251 e. The van der Waals surface area contributed by atoms with Crippen LogP contribution >= 0.6 is 0 Å². The molecule has 182 valence electrons. The summed E-state index contributed by atoms with van der Waals surface area (Å²) in [6.45, 7) is 5.13. The van der Waals surface area contributed by atoms with Crippen molar-refractivity contribution in [3.05, 3.63) is 83.9 Å². The molecule has 2 atom stereocenters. The average Bonchev–Trinajstić information content (AvgIpc) is 2.84. The van der Waals surface area contributed by atoms with Crippen molar-refractivity contribution in [3.8, 4) is 11.1 Å². The Morgan fingerprint density at radius 1 is 0.971 bits per heavy atom. The molecule has 0 fully saturated rings. The molecule has 2 amide bonds. The molecular weight excluding hydrogens is 436 g/mol. The number of carbonyl (C=O) groups is 2. The Morgan fingerprint density at radius 2 is 1.66 bits per heavy atom. The van der Waals surface area contributed by atoms with E-state index in [0.717, 1.165) is 41.0 Å². The Labute approximate surface area is 207 Å². The molecule has 0 saturated heterocycles. The molecule has 1 heterocycles. The Kier molecular flexibility index (Phi) is 7.51. The van der Waals surface area contributed by atoms with Crippen LogP contribution in [-0.4, -0.2) is 49.9 Å². The fraction of sp³-hybridized carbons (Fsp3) is 0.310. The van der Waals surface area contributed by atoms with Crippen molar-refractivity contribution in [1.82, 2.24) is 10.2 Å². The molecule has 35 heavy (non-hydrogen) atoms. The molecule has 2 N–H and O–H groups in total. The highest BCUT2D eigenvalue weighted by atomic mass is 16.2. The van der Waals surface area contributed by atoms with E-state index in [1.807, 2.05) is 72.4 Å². The largest absolute Gasteiger partial charge is 0.378 e. The number of likely N-dealkylation sites (N-methyl/N-ethyl adjacent to an activating group) is 1. The summed E-state index contributed by atoms with van der Waals surface area (Å²) < 4.78 is 0. The second-order valence-electron chi connectivity index (χ2n) is 9.45. The van der Waals surface area contributed by atoms with Gasteiger partial charge in [-0.1, -0.05) is 36.4 Å². The number of hydrogen-bond acceptors (Lipinski definition) is 4. The molecule has 4 rings (SSSR count). The molecule has 1 aliphatic heterocycles. The van der Waals surface area contributed by atoms with E-state index in [1.165, 1.54) is 0 Å². The van der Waals surface area contributed by atoms with Gasteiger partial charge in [-0.05, 0) is 80.5 Å². The third-order valence-electron chi connectivity index (χ3n) is 6.46. The van der Waals surface area contributed by atoms with E-state index in [1.54, 1.807) is 6.92 Å². The summed E-state index contributed by atoms with van der Waals surface area (Å²) in [5, 5.41) is 6.62. The van der Waals surface area contributed by atoms with Crippen LogP contribution in [0.4, 0.5) is 11.4 Å². The Balaban J connectivity index is 1.61. The van der Waals surface area contributed by atoms with Crippen LogP contribution in [0.5, 0.6) is 0 Å². The lowest BCUT2D eigenvalue weighted by Crippen LogP contribution is -2.43. The predicted molar refractivity (Wildman–Crippen MR) is 143 cm³/mol. The average molecular weight is 471 g/mol. The van der Waals surface area contributed by atoms with E-state index in [2.05, 4.69) is 41.8 Å². The first-order chi connectivity index (χ1) is 16.8. The number of amides is 2. The zero-order valence-electron chi connectivity index (χ0n) is 20.9. The van der Waals surface area contributed by atoms with E-state index < -0.39 is 0 Å². The number of para-hydroxylation sites is 1. The summed E-state index contributed by atoms with van der Waals surface area (Å²) in [7, 11) is 3.96. The third-order valence-corrected chi connectivity index (χ3v) is 6.46. The standard InChI is InChI=1S/C29H34N4O2/c1-20-18-27(31-25-8-6-5-7-9-25)26-19-24(14-15-28(26)33(20)21(2)34)22-10-12-23(13-11-22)29(35)30-16-17-32(3)4/h5-15,19-20,27,31H,16-18H2,1-4H3,(H,30,35). The highest BCUT2D eigenvalue weighted by Crippen LogP contribution is 2.41. The molecule has 0 aliphatic carbocycles. The molecule has 6 heteroatoms. The molecule has 0 aromatic heterocycles. The van der Waals surface area contributed by atoms with Gasteiger partial charge in [0.1, 0.15) is 0 Å². The minimum atomic E-state index is -0.0675. The van der Waals surface area contributed by atoms with Crippen LogP contribution in [0.1, 0.15) is 42.2 Å². The van der Waals surface area contributed by atoms with E-state index in [4.69, 9.17) is 0 Å². The Bertz CT molecular complexity index is 1180. The molecule has 1 aliphatic rings. The van der Waals surface area contributed by atoms with Crippen molar-refractivity contribution in [3.63, 3.8) is 0 Å². The smallest absolute Gasteiger partial charge is 0.251 e. The lowest BCUT2D eigenvalue weighted by atomic mass is 9.88. The fourth-order valence-corrected chi connectivity index (χ4v) is 4.70. The van der Waals surface area contributed by atoms with Crippen molar-refractivity contribution in [2.24, 2.45) is 0 Å². The van der Waals surface area contributed by atoms with Crippen molar-refractivity contribution >= 4 is 23.2 Å². The van der Waals surface area contributed by atoms with E-state index in [-0.39, 0.29) is 23.9 Å². The summed E-state index contributed by atoms with van der Waals surface area (Å²) >= 11 is 0. The first kappa shape index (κ1) is 24.5. The van der Waals surface area contributed by atoms with Gasteiger partial charge < -0.3 is 20.4 Å². The second-order valence-corrected chi connectivity index (χ2v) is 9.45. The van der Waals surface area contributed by atoms with Crippen molar-refractivity contribution in [2.45, 2.75) is 32.4 Å². The van der Waals surface area contributed by atoms with Gasteiger partial charge in [0, 0.05) is 43.0 Å². The van der Waals surface area contributed by atoms with Crippen LogP contribution in [0.25, 0.3) is 11.1 Å². The van der Waals surface area contributed by atoms with Gasteiger partial charge in [0.25, 0.3) is 5.91 Å². The molecule has 0 radical (unpaired) electrons. The predicted octanol–water partition coefficient (Wildman–Crippen LogP) is 4.94. The monoisotopic (exact) mass is 470 g/mol. The molecule has 0 saturated carbocycles. The minimum Gasteiger partial charge on any atom is -0.378 e. The zero-order chi connectivity index (χ0) is 24.9. The van der Waals surface area contributed by atoms with Gasteiger partial charge in [-0.15, -0.1) is 0 Å². The summed E-state index contributed by atoms with van der Waals surface area (Å²) in [5.74, 6) is -0.0173. The maximum absolute atomic E-state index is 12.5. The van der Waals surface area contributed by atoms with Crippen LogP contribution in [0.3, 0.4) is 0 Å². The molecule has 0 bridgehead atoms. The van der Waals surface area contributed by atoms with Crippen LogP contribution in [0.2, 0.25) is 0 Å². The molecule has 2 unspecified atom stereocenters. The number of nitrogens with zero attached hydrogens (tertiary/aromatic N) is 2. The lowest BCUT2D eigenvalue weighted by Gasteiger charge is -2.39. The topological polar surface area (TPSA) is 64.7 Å². The molecule has 0 spiro atoms. The van der Waals surface area contributed by atoms with Gasteiger partial charge in [0.15, 0.2) is 0 Å². The van der Waals surface area contributed by atoms with Gasteiger partial charge in [0.2, 0.25) is 5.91 Å². The second kappa shape index (κ2) is 10.7. The van der Waals surface area contributed by atoms with Crippen LogP contribution in [-0.2, 0) is 4.79 Å². The summed E-state index contributed by atoms with van der Waals surface area (Å²) in [6, 6.07) is 24.3. The summed E-state index contributed by atoms with van der Waals surface area (Å²) in [4.78, 5) is 28.8. The SMILES string of the molecule is CC(=O)N1c2ccc(-c3ccc(C(=O)NCCN(C)C)cc3)cc2C(Nc2ccccc2)CC1C. The minimum absolute atomic E-state index is 0.0503. The number of carbonyl (C=O) groups excluding carboxylic acids is 2. The number of nitrogens with one attached hydrogen (secondary N) is 2. The Morgan fingerprint density at radius 3 is 2.31 bits per heavy atom. The first-order valence-electron chi connectivity index (χ1n) is 12.1. The number of hydrogen-bond donors (Lipinski definition) is 2. The van der Waals surface area contributed by atoms with Gasteiger partial charge in [0.05, 0.1) is 6.04 Å². The quantitative estimate of drug-likeness (QED) is 0.513. The van der Waals surface area contributed by atoms with Gasteiger partial charge in [-0.3, -0.25) is 9.59 Å². The summed E-state index contributed by atoms with van der Waals surface area (Å²) in [6.07, 6.45) is 0.816. The first-order valence-corrected chi connectivity index (χ1v) is 12.1. The van der Waals surface area contributed by atoms with Crippen LogP contribution in [0.15, 0.2) is 72.8 Å². The van der Waals surface area contributed by atoms with Crippen molar-refractivity contribution < 1.29 is 9.59 Å². The normalized spacial score (nSPS) is 17.1. The molecule has 6 nitrogen and oxygen atoms in total. The van der Waals surface area contributed by atoms with E-state index in [9.17, 15) is 9.59 Å². The number of anilines is 2. The van der Waals surface area contributed by atoms with E-state index >= 15 is 0 Å². The van der Waals surface area contributed by atoms with Crippen molar-refractivity contribution in [1.29, 1.82) is 0 Å². The third kappa shape index (κ3) is 5.72. The fourth-order valence-electron chi connectivity index (χ4n) is 4.70. The molecule has 3 aromatic carbocycles. The van der Waals surface area contributed by atoms with Gasteiger partial charge in [-0.25, -0.2) is 0 Å². The zero-order valence-corrected chi connectivity index (χ0v) is 20.9. The molecular formula is C29H34N4O2. The molecule has 3 aromatic rings. The van der Waals surface area contributed by atoms with Crippen molar-refractivity contribution in [2.75, 3.05) is 37.4 Å². The van der Waals surface area contributed by atoms with Crippen LogP contribution < -0.4 is 15.5 Å². The number of fused-ring (bicyclic) bond motifs is 1. The Hall–Kier alpha value is -3.64. The number of rotatable bonds is 7. The maximum atomic E-state index is 12.5. The summed E-state index contributed by atoms with van der Waals surface area (Å²) in [5.41, 5.74) is 5.84. The van der Waals surface area contributed by atoms with E-state index in [0.29, 0.717) is 12.1 Å². The number of benzene rings is 3. The lowest BCUT2D eigenvalue weighted by molar-refractivity contribution is -0.117. The van der Waals surface area contributed by atoms with Gasteiger partial charge >= 0.3 is 0 Å². The van der Waals surface area contributed by atoms with Gasteiger partial charge in [-0.2, -0.15) is 0 Å². The highest BCUT2D eigenvalue weighted by molar-refractivity contribution is 5.95. The highest BCUT2D eigenvalue weighted by Gasteiger charge is 2.32. The van der Waals surface area contributed by atoms with Crippen LogP contribution in [0, 0.1) is 0 Å².